The van der Waals surface area contributed by atoms with Crippen LogP contribution in [0.5, 0.6) is 0 Å². The van der Waals surface area contributed by atoms with E-state index < -0.39 is 18.5 Å². The van der Waals surface area contributed by atoms with E-state index in [0.29, 0.717) is 10.7 Å². The van der Waals surface area contributed by atoms with E-state index in [4.69, 9.17) is 27.9 Å². The van der Waals surface area contributed by atoms with Crippen molar-refractivity contribution in [2.45, 2.75) is 39.0 Å². The number of carbonyl (C=O) groups excluding carboxylic acids is 4. The van der Waals surface area contributed by atoms with Crippen LogP contribution in [-0.2, 0) is 23.9 Å². The fraction of sp³-hybridized carbons (Fsp3) is 0.526. The van der Waals surface area contributed by atoms with E-state index in [9.17, 15) is 19.2 Å². The minimum atomic E-state index is -0.679. The van der Waals surface area contributed by atoms with Gasteiger partial charge in [0, 0.05) is 6.54 Å². The van der Waals surface area contributed by atoms with Crippen LogP contribution in [0.2, 0.25) is 10.0 Å². The number of hydrogen-bond acceptors (Lipinski definition) is 6. The number of hydrogen-bond donors (Lipinski definition) is 1. The lowest BCUT2D eigenvalue weighted by Crippen LogP contribution is -2.33. The number of imide groups is 1. The number of nitrogens with zero attached hydrogens (tertiary/aromatic N) is 2. The second kappa shape index (κ2) is 9.09. The topological polar surface area (TPSA) is 106 Å². The van der Waals surface area contributed by atoms with Gasteiger partial charge in [0.15, 0.2) is 12.4 Å². The number of aryl methyl sites for hydroxylation is 1. The van der Waals surface area contributed by atoms with Crippen LogP contribution in [-0.4, -0.2) is 46.7 Å². The molecule has 0 aromatic carbocycles. The van der Waals surface area contributed by atoms with Gasteiger partial charge in [-0.05, 0) is 25.8 Å². The number of fused-ring (bicyclic) bond motifs is 1. The van der Waals surface area contributed by atoms with Crippen LogP contribution < -0.4 is 5.32 Å². The summed E-state index contributed by atoms with van der Waals surface area (Å²) in [6.45, 7) is 1.09. The van der Waals surface area contributed by atoms with Gasteiger partial charge in [-0.3, -0.25) is 24.1 Å². The molecular weight excluding hydrogens is 421 g/mol. The molecule has 0 bridgehead atoms. The molecule has 1 aliphatic heterocycles. The lowest BCUT2D eigenvalue weighted by Gasteiger charge is -2.19. The van der Waals surface area contributed by atoms with E-state index in [1.54, 1.807) is 6.92 Å². The molecule has 0 radical (unpaired) electrons. The zero-order chi connectivity index (χ0) is 21.1. The highest BCUT2D eigenvalue weighted by Crippen LogP contribution is 2.38. The summed E-state index contributed by atoms with van der Waals surface area (Å²) in [5.41, 5.74) is 0.490. The summed E-state index contributed by atoms with van der Waals surface area (Å²) in [7, 11) is 0. The van der Waals surface area contributed by atoms with Crippen molar-refractivity contribution < 1.29 is 23.9 Å². The zero-order valence-corrected chi connectivity index (χ0v) is 17.4. The molecule has 1 aromatic rings. The highest BCUT2D eigenvalue weighted by atomic mass is 35.5. The maximum absolute atomic E-state index is 12.4. The third kappa shape index (κ3) is 4.87. The molecule has 2 aliphatic rings. The summed E-state index contributed by atoms with van der Waals surface area (Å²) in [6.07, 6.45) is 3.16. The first kappa shape index (κ1) is 21.5. The minimum Gasteiger partial charge on any atom is -0.456 e. The summed E-state index contributed by atoms with van der Waals surface area (Å²) in [4.78, 5) is 53.9. The molecule has 10 heteroatoms. The van der Waals surface area contributed by atoms with Crippen molar-refractivity contribution in [1.82, 2.24) is 9.88 Å². The molecule has 1 aromatic heterocycles. The number of carbonyl (C=O) groups is 4. The predicted octanol–water partition coefficient (Wildman–Crippen LogP) is 2.74. The average Bonchev–Trinajstić information content (AvgIpc) is 2.93. The number of halogens is 2. The predicted molar refractivity (Wildman–Crippen MR) is 105 cm³/mol. The smallest absolute Gasteiger partial charge is 0.308 e. The van der Waals surface area contributed by atoms with Gasteiger partial charge in [0.25, 0.3) is 5.91 Å². The Hall–Kier alpha value is -2.19. The van der Waals surface area contributed by atoms with Gasteiger partial charge in [-0.1, -0.05) is 36.0 Å². The Labute approximate surface area is 177 Å². The van der Waals surface area contributed by atoms with Crippen LogP contribution >= 0.6 is 23.2 Å². The molecule has 2 atom stereocenters. The van der Waals surface area contributed by atoms with Gasteiger partial charge in [-0.15, -0.1) is 0 Å². The van der Waals surface area contributed by atoms with Crippen LogP contribution in [0, 0.1) is 18.8 Å². The van der Waals surface area contributed by atoms with E-state index in [0.717, 1.165) is 30.6 Å². The summed E-state index contributed by atoms with van der Waals surface area (Å²) in [5.74, 6) is -2.09. The Morgan fingerprint density at radius 3 is 2.41 bits per heavy atom. The maximum atomic E-state index is 12.4. The standard InChI is InChI=1S/C19H21Cl2N3O5/c1-10-13(20)8-14(21)17(22-10)23-15(25)9-29-16(26)6-7-24-18(27)11-4-2-3-5-12(11)19(24)28/h8,11-12H,2-7,9H2,1H3,(H,22,23,25)/t11-,12-/m0/s1. The fourth-order valence-corrected chi connectivity index (χ4v) is 4.09. The molecule has 1 N–H and O–H groups in total. The first-order valence-corrected chi connectivity index (χ1v) is 10.2. The van der Waals surface area contributed by atoms with Gasteiger partial charge in [0.1, 0.15) is 0 Å². The summed E-state index contributed by atoms with van der Waals surface area (Å²) in [6, 6.07) is 1.45. The van der Waals surface area contributed by atoms with Gasteiger partial charge < -0.3 is 10.1 Å². The molecule has 2 fully saturated rings. The number of pyridine rings is 1. The Morgan fingerprint density at radius 2 is 1.79 bits per heavy atom. The molecule has 0 spiro atoms. The van der Waals surface area contributed by atoms with Gasteiger partial charge >= 0.3 is 5.97 Å². The number of anilines is 1. The fourth-order valence-electron chi connectivity index (χ4n) is 3.69. The van der Waals surface area contributed by atoms with Crippen molar-refractivity contribution in [3.8, 4) is 0 Å². The Bertz CT molecular complexity index is 836. The van der Waals surface area contributed by atoms with E-state index in [2.05, 4.69) is 10.3 Å². The van der Waals surface area contributed by atoms with Crippen molar-refractivity contribution in [1.29, 1.82) is 0 Å². The Morgan fingerprint density at radius 1 is 1.17 bits per heavy atom. The molecule has 1 aliphatic carbocycles. The summed E-state index contributed by atoms with van der Waals surface area (Å²) >= 11 is 11.9. The highest BCUT2D eigenvalue weighted by molar-refractivity contribution is 6.36. The average molecular weight is 442 g/mol. The molecule has 1 saturated heterocycles. The number of rotatable bonds is 6. The van der Waals surface area contributed by atoms with Crippen molar-refractivity contribution >= 4 is 52.7 Å². The highest BCUT2D eigenvalue weighted by Gasteiger charge is 2.47. The number of nitrogens with one attached hydrogen (secondary N) is 1. The van der Waals surface area contributed by atoms with Crippen LogP contribution in [0.3, 0.4) is 0 Å². The van der Waals surface area contributed by atoms with Crippen molar-refractivity contribution in [2.24, 2.45) is 11.8 Å². The summed E-state index contributed by atoms with van der Waals surface area (Å²) in [5, 5.41) is 2.97. The third-order valence-corrected chi connectivity index (χ3v) is 5.87. The first-order chi connectivity index (χ1) is 13.8. The third-order valence-electron chi connectivity index (χ3n) is 5.20. The van der Waals surface area contributed by atoms with Crippen LogP contribution in [0.1, 0.15) is 37.8 Å². The van der Waals surface area contributed by atoms with Gasteiger partial charge in [0.2, 0.25) is 11.8 Å². The van der Waals surface area contributed by atoms with Crippen molar-refractivity contribution in [3.63, 3.8) is 0 Å². The van der Waals surface area contributed by atoms with Gasteiger partial charge in [-0.2, -0.15) is 0 Å². The van der Waals surface area contributed by atoms with E-state index in [1.165, 1.54) is 6.07 Å². The van der Waals surface area contributed by atoms with E-state index >= 15 is 0 Å². The lowest BCUT2D eigenvalue weighted by atomic mass is 9.81. The molecule has 1 saturated carbocycles. The molecule has 3 amide bonds. The Kier molecular flexibility index (Phi) is 6.74. The molecule has 2 heterocycles. The zero-order valence-electron chi connectivity index (χ0n) is 15.9. The number of amides is 3. The monoisotopic (exact) mass is 441 g/mol. The molecule has 29 heavy (non-hydrogen) atoms. The minimum absolute atomic E-state index is 0.0329. The molecule has 8 nitrogen and oxygen atoms in total. The molecular formula is C19H21Cl2N3O5. The maximum Gasteiger partial charge on any atom is 0.308 e. The molecule has 0 unspecified atom stereocenters. The second-order valence-electron chi connectivity index (χ2n) is 7.17. The van der Waals surface area contributed by atoms with Gasteiger partial charge in [0.05, 0.1) is 34.0 Å². The quantitative estimate of drug-likeness (QED) is 0.537. The number of ether oxygens (including phenoxy) is 1. The van der Waals surface area contributed by atoms with Crippen LogP contribution in [0.4, 0.5) is 5.82 Å². The summed E-state index contributed by atoms with van der Waals surface area (Å²) < 4.78 is 4.92. The SMILES string of the molecule is Cc1nc(NC(=O)COC(=O)CCN2C(=O)[C@H]3CCCC[C@@H]3C2=O)c(Cl)cc1Cl. The van der Waals surface area contributed by atoms with Crippen LogP contribution in [0.25, 0.3) is 0 Å². The number of aromatic nitrogens is 1. The second-order valence-corrected chi connectivity index (χ2v) is 7.98. The number of likely N-dealkylation sites (tertiary alicyclic amines) is 1. The largest absolute Gasteiger partial charge is 0.456 e. The van der Waals surface area contributed by atoms with Gasteiger partial charge in [-0.25, -0.2) is 4.98 Å². The molecule has 156 valence electrons. The van der Waals surface area contributed by atoms with Crippen molar-refractivity contribution in [3.05, 3.63) is 21.8 Å². The van der Waals surface area contributed by atoms with E-state index in [1.807, 2.05) is 0 Å². The lowest BCUT2D eigenvalue weighted by molar-refractivity contribution is -0.148. The molecule has 3 rings (SSSR count). The normalized spacial score (nSPS) is 21.1. The number of esters is 1. The van der Waals surface area contributed by atoms with Crippen molar-refractivity contribution in [2.75, 3.05) is 18.5 Å². The first-order valence-electron chi connectivity index (χ1n) is 9.41. The Balaban J connectivity index is 1.45. The van der Waals surface area contributed by atoms with E-state index in [-0.39, 0.29) is 47.5 Å². The van der Waals surface area contributed by atoms with Crippen LogP contribution in [0.15, 0.2) is 6.07 Å².